The molecule has 0 spiro atoms. The molecule has 0 unspecified atom stereocenters. The monoisotopic (exact) mass is 240 g/mol. The lowest BCUT2D eigenvalue weighted by Crippen LogP contribution is -2.11. The predicted octanol–water partition coefficient (Wildman–Crippen LogP) is -0.358. The number of carbonyl (C=O) groups is 1. The van der Waals surface area contributed by atoms with Crippen molar-refractivity contribution in [3.05, 3.63) is 12.4 Å². The van der Waals surface area contributed by atoms with Gasteiger partial charge in [0, 0.05) is 19.4 Å². The highest BCUT2D eigenvalue weighted by atomic mass is 32.2. The third-order valence-electron chi connectivity index (χ3n) is 1.74. The molecule has 1 N–H and O–H groups in total. The van der Waals surface area contributed by atoms with E-state index in [9.17, 15) is 4.79 Å². The molecule has 2 aromatic heterocycles. The number of aryl methyl sites for hydroxylation is 1. The summed E-state index contributed by atoms with van der Waals surface area (Å²) in [6.45, 7) is -0.264. The van der Waals surface area contributed by atoms with Crippen molar-refractivity contribution < 1.29 is 9.90 Å². The fourth-order valence-electron chi connectivity index (χ4n) is 1.03. The van der Waals surface area contributed by atoms with Crippen LogP contribution in [0.1, 0.15) is 0 Å². The Bertz CT molecular complexity index is 506. The summed E-state index contributed by atoms with van der Waals surface area (Å²) in [6, 6.07) is 0. The van der Waals surface area contributed by atoms with E-state index >= 15 is 0 Å². The number of tetrazole rings is 1. The number of aliphatic carboxylic acids is 1. The van der Waals surface area contributed by atoms with Crippen LogP contribution in [0.25, 0.3) is 0 Å². The van der Waals surface area contributed by atoms with Gasteiger partial charge in [-0.2, -0.15) is 0 Å². The van der Waals surface area contributed by atoms with E-state index in [1.54, 1.807) is 17.0 Å². The van der Waals surface area contributed by atoms with Crippen LogP contribution in [0.2, 0.25) is 0 Å². The average Bonchev–Trinajstić information content (AvgIpc) is 2.78. The maximum Gasteiger partial charge on any atom is 0.325 e. The van der Waals surface area contributed by atoms with Crippen molar-refractivity contribution in [2.24, 2.45) is 7.05 Å². The summed E-state index contributed by atoms with van der Waals surface area (Å²) in [6.07, 6.45) is 3.43. The SMILES string of the molecule is Cn1ccnc1Sc1nnnn1CC(=O)O. The van der Waals surface area contributed by atoms with E-state index in [-0.39, 0.29) is 6.54 Å². The molecular weight excluding hydrogens is 232 g/mol. The molecule has 2 heterocycles. The second kappa shape index (κ2) is 4.31. The third-order valence-corrected chi connectivity index (χ3v) is 2.79. The molecule has 84 valence electrons. The van der Waals surface area contributed by atoms with E-state index in [4.69, 9.17) is 5.11 Å². The first kappa shape index (κ1) is 10.6. The van der Waals surface area contributed by atoms with E-state index < -0.39 is 5.97 Å². The molecule has 8 nitrogen and oxygen atoms in total. The van der Waals surface area contributed by atoms with Crippen LogP contribution < -0.4 is 0 Å². The van der Waals surface area contributed by atoms with Gasteiger partial charge in [-0.05, 0) is 22.2 Å². The molecule has 0 bridgehead atoms. The van der Waals surface area contributed by atoms with Crippen molar-refractivity contribution in [2.45, 2.75) is 16.9 Å². The largest absolute Gasteiger partial charge is 0.480 e. The number of hydrogen-bond acceptors (Lipinski definition) is 6. The maximum absolute atomic E-state index is 10.5. The van der Waals surface area contributed by atoms with Gasteiger partial charge in [0.25, 0.3) is 0 Å². The number of aromatic nitrogens is 6. The number of imidazole rings is 1. The minimum atomic E-state index is -0.992. The van der Waals surface area contributed by atoms with Crippen LogP contribution in [0.5, 0.6) is 0 Å². The molecule has 0 aromatic carbocycles. The van der Waals surface area contributed by atoms with E-state index in [0.29, 0.717) is 10.3 Å². The topological polar surface area (TPSA) is 98.7 Å². The highest BCUT2D eigenvalue weighted by Gasteiger charge is 2.12. The number of rotatable bonds is 4. The van der Waals surface area contributed by atoms with Crippen LogP contribution >= 0.6 is 11.8 Å². The Kier molecular flexibility index (Phi) is 2.86. The molecule has 9 heteroatoms. The number of carboxylic acids is 1. The van der Waals surface area contributed by atoms with Crippen molar-refractivity contribution in [3.8, 4) is 0 Å². The Morgan fingerprint density at radius 1 is 1.56 bits per heavy atom. The molecule has 0 amide bonds. The zero-order chi connectivity index (χ0) is 11.5. The van der Waals surface area contributed by atoms with Crippen LogP contribution in [0.4, 0.5) is 0 Å². The van der Waals surface area contributed by atoms with Crippen LogP contribution in [-0.2, 0) is 18.4 Å². The maximum atomic E-state index is 10.5. The molecule has 0 atom stereocenters. The van der Waals surface area contributed by atoms with Gasteiger partial charge in [-0.1, -0.05) is 0 Å². The van der Waals surface area contributed by atoms with Crippen molar-refractivity contribution in [2.75, 3.05) is 0 Å². The van der Waals surface area contributed by atoms with Gasteiger partial charge in [0.05, 0.1) is 0 Å². The van der Waals surface area contributed by atoms with Gasteiger partial charge in [-0.25, -0.2) is 9.67 Å². The molecule has 0 aliphatic heterocycles. The highest BCUT2D eigenvalue weighted by molar-refractivity contribution is 7.99. The Morgan fingerprint density at radius 2 is 2.38 bits per heavy atom. The van der Waals surface area contributed by atoms with Crippen LogP contribution in [0.15, 0.2) is 22.7 Å². The first-order chi connectivity index (χ1) is 7.66. The smallest absolute Gasteiger partial charge is 0.325 e. The lowest BCUT2D eigenvalue weighted by molar-refractivity contribution is -0.138. The summed E-state index contributed by atoms with van der Waals surface area (Å²) >= 11 is 1.21. The average molecular weight is 240 g/mol. The van der Waals surface area contributed by atoms with Gasteiger partial charge in [0.1, 0.15) is 6.54 Å². The molecule has 0 aliphatic rings. The standard InChI is InChI=1S/C7H8N6O2S/c1-12-3-2-8-6(12)16-7-9-10-11-13(7)4-5(14)15/h2-3H,4H2,1H3,(H,14,15). The molecule has 0 saturated carbocycles. The van der Waals surface area contributed by atoms with Crippen molar-refractivity contribution in [3.63, 3.8) is 0 Å². The lowest BCUT2D eigenvalue weighted by Gasteiger charge is -2.00. The summed E-state index contributed by atoms with van der Waals surface area (Å²) < 4.78 is 3.01. The van der Waals surface area contributed by atoms with Gasteiger partial charge in [0.15, 0.2) is 5.16 Å². The molecular formula is C7H8N6O2S. The molecule has 0 aliphatic carbocycles. The van der Waals surface area contributed by atoms with Gasteiger partial charge in [0.2, 0.25) is 5.16 Å². The summed E-state index contributed by atoms with van der Waals surface area (Å²) in [4.78, 5) is 14.6. The Labute approximate surface area is 94.3 Å². The molecule has 0 saturated heterocycles. The zero-order valence-corrected chi connectivity index (χ0v) is 9.13. The van der Waals surface area contributed by atoms with E-state index in [2.05, 4.69) is 20.5 Å². The predicted molar refractivity (Wildman–Crippen MR) is 52.8 cm³/mol. The molecule has 0 fully saturated rings. The minimum Gasteiger partial charge on any atom is -0.480 e. The first-order valence-electron chi connectivity index (χ1n) is 4.30. The molecule has 0 radical (unpaired) electrons. The van der Waals surface area contributed by atoms with Gasteiger partial charge in [-0.3, -0.25) is 4.79 Å². The van der Waals surface area contributed by atoms with Crippen LogP contribution in [0, 0.1) is 0 Å². The Balaban J connectivity index is 2.19. The molecule has 16 heavy (non-hydrogen) atoms. The fourth-order valence-corrected chi connectivity index (χ4v) is 1.79. The number of hydrogen-bond donors (Lipinski definition) is 1. The van der Waals surface area contributed by atoms with Gasteiger partial charge in [-0.15, -0.1) is 5.10 Å². The third kappa shape index (κ3) is 2.19. The van der Waals surface area contributed by atoms with Crippen molar-refractivity contribution in [1.29, 1.82) is 0 Å². The second-order valence-electron chi connectivity index (χ2n) is 2.94. The summed E-state index contributed by atoms with van der Waals surface area (Å²) in [7, 11) is 1.83. The molecule has 2 rings (SSSR count). The van der Waals surface area contributed by atoms with E-state index in [1.165, 1.54) is 16.4 Å². The van der Waals surface area contributed by atoms with Crippen LogP contribution in [-0.4, -0.2) is 40.8 Å². The Morgan fingerprint density at radius 3 is 3.00 bits per heavy atom. The van der Waals surface area contributed by atoms with Crippen molar-refractivity contribution >= 4 is 17.7 Å². The van der Waals surface area contributed by atoms with E-state index in [0.717, 1.165) is 0 Å². The quantitative estimate of drug-likeness (QED) is 0.779. The number of nitrogens with zero attached hydrogens (tertiary/aromatic N) is 6. The first-order valence-corrected chi connectivity index (χ1v) is 5.11. The number of carboxylic acid groups (broad SMARTS) is 1. The van der Waals surface area contributed by atoms with Gasteiger partial charge >= 0.3 is 5.97 Å². The van der Waals surface area contributed by atoms with Crippen molar-refractivity contribution in [1.82, 2.24) is 29.8 Å². The summed E-state index contributed by atoms with van der Waals surface area (Å²) in [5.74, 6) is -0.992. The Hall–Kier alpha value is -1.90. The molecule has 2 aromatic rings. The van der Waals surface area contributed by atoms with E-state index in [1.807, 2.05) is 7.05 Å². The lowest BCUT2D eigenvalue weighted by atomic mass is 10.7. The fraction of sp³-hybridized carbons (Fsp3) is 0.286. The second-order valence-corrected chi connectivity index (χ2v) is 3.87. The van der Waals surface area contributed by atoms with Crippen LogP contribution in [0.3, 0.4) is 0 Å². The summed E-state index contributed by atoms with van der Waals surface area (Å²) in [5, 5.41) is 20.5. The minimum absolute atomic E-state index is 0.264. The zero-order valence-electron chi connectivity index (χ0n) is 8.31. The summed E-state index contributed by atoms with van der Waals surface area (Å²) in [5.41, 5.74) is 0. The highest BCUT2D eigenvalue weighted by Crippen LogP contribution is 2.22. The normalized spacial score (nSPS) is 10.6. The van der Waals surface area contributed by atoms with Gasteiger partial charge < -0.3 is 9.67 Å².